The third kappa shape index (κ3) is 7.58. The molecule has 1 N–H and O–H groups in total. The highest BCUT2D eigenvalue weighted by Gasteiger charge is 2.36. The van der Waals surface area contributed by atoms with Gasteiger partial charge in [-0.1, -0.05) is 6.42 Å². The van der Waals surface area contributed by atoms with Gasteiger partial charge in [0.15, 0.2) is 0 Å². The topological polar surface area (TPSA) is 39.7 Å². The van der Waals surface area contributed by atoms with Crippen LogP contribution in [0.15, 0.2) is 0 Å². The lowest BCUT2D eigenvalue weighted by Crippen LogP contribution is -2.47. The molecule has 0 bridgehead atoms. The van der Waals surface area contributed by atoms with Crippen molar-refractivity contribution in [3.05, 3.63) is 0 Å². The molecule has 20 heavy (non-hydrogen) atoms. The van der Waals surface area contributed by atoms with Gasteiger partial charge < -0.3 is 19.5 Å². The lowest BCUT2D eigenvalue weighted by molar-refractivity contribution is 0.00471. The molecular formula is C16H33NO3. The third-order valence-corrected chi connectivity index (χ3v) is 3.99. The van der Waals surface area contributed by atoms with Gasteiger partial charge in [-0.3, -0.25) is 0 Å². The summed E-state index contributed by atoms with van der Waals surface area (Å²) in [6, 6.07) is 0. The molecule has 0 heterocycles. The van der Waals surface area contributed by atoms with Gasteiger partial charge in [0.05, 0.1) is 26.4 Å². The van der Waals surface area contributed by atoms with Crippen molar-refractivity contribution in [1.82, 2.24) is 5.32 Å². The van der Waals surface area contributed by atoms with E-state index in [9.17, 15) is 0 Å². The van der Waals surface area contributed by atoms with Crippen LogP contribution in [0.3, 0.4) is 0 Å². The van der Waals surface area contributed by atoms with E-state index in [0.717, 1.165) is 19.6 Å². The van der Waals surface area contributed by atoms with E-state index < -0.39 is 0 Å². The summed E-state index contributed by atoms with van der Waals surface area (Å²) in [6.07, 6.45) is 5.20. The summed E-state index contributed by atoms with van der Waals surface area (Å²) >= 11 is 0. The summed E-state index contributed by atoms with van der Waals surface area (Å²) in [5, 5.41) is 3.65. The van der Waals surface area contributed by atoms with E-state index in [4.69, 9.17) is 14.2 Å². The van der Waals surface area contributed by atoms with Gasteiger partial charge in [0, 0.05) is 25.8 Å². The molecule has 1 fully saturated rings. The SMILES string of the molecule is COCCOCCOCCC1(CNC(C)(C)C)CCC1. The predicted molar refractivity (Wildman–Crippen MR) is 82.2 cm³/mol. The zero-order valence-corrected chi connectivity index (χ0v) is 13.8. The molecule has 0 aromatic carbocycles. The Kier molecular flexibility index (Phi) is 8.03. The zero-order chi connectivity index (χ0) is 14.9. The van der Waals surface area contributed by atoms with Crippen LogP contribution >= 0.6 is 0 Å². The fourth-order valence-electron chi connectivity index (χ4n) is 2.40. The van der Waals surface area contributed by atoms with Crippen LogP contribution in [-0.4, -0.2) is 52.2 Å². The lowest BCUT2D eigenvalue weighted by Gasteiger charge is -2.44. The zero-order valence-electron chi connectivity index (χ0n) is 13.8. The van der Waals surface area contributed by atoms with Crippen LogP contribution < -0.4 is 5.32 Å². The summed E-state index contributed by atoms with van der Waals surface area (Å²) in [5.74, 6) is 0. The van der Waals surface area contributed by atoms with Crippen molar-refractivity contribution in [2.45, 2.75) is 52.0 Å². The maximum Gasteiger partial charge on any atom is 0.0701 e. The van der Waals surface area contributed by atoms with E-state index >= 15 is 0 Å². The number of nitrogens with one attached hydrogen (secondary N) is 1. The maximum atomic E-state index is 5.68. The molecule has 4 heteroatoms. The fourth-order valence-corrected chi connectivity index (χ4v) is 2.40. The maximum absolute atomic E-state index is 5.68. The van der Waals surface area contributed by atoms with E-state index in [1.54, 1.807) is 7.11 Å². The molecule has 0 aromatic rings. The van der Waals surface area contributed by atoms with E-state index in [2.05, 4.69) is 26.1 Å². The van der Waals surface area contributed by atoms with Crippen LogP contribution in [0.2, 0.25) is 0 Å². The van der Waals surface area contributed by atoms with Crippen LogP contribution in [0.4, 0.5) is 0 Å². The minimum atomic E-state index is 0.207. The highest BCUT2D eigenvalue weighted by atomic mass is 16.5. The van der Waals surface area contributed by atoms with E-state index in [-0.39, 0.29) is 5.54 Å². The normalized spacial score (nSPS) is 18.0. The Bertz CT molecular complexity index is 247. The second-order valence-corrected chi connectivity index (χ2v) is 6.92. The Hall–Kier alpha value is -0.160. The van der Waals surface area contributed by atoms with E-state index in [0.29, 0.717) is 31.8 Å². The molecule has 0 amide bonds. The van der Waals surface area contributed by atoms with Gasteiger partial charge in [0.2, 0.25) is 0 Å². The Morgan fingerprint density at radius 2 is 1.55 bits per heavy atom. The number of ether oxygens (including phenoxy) is 3. The molecular weight excluding hydrogens is 254 g/mol. The second-order valence-electron chi connectivity index (χ2n) is 6.92. The van der Waals surface area contributed by atoms with E-state index in [1.807, 2.05) is 0 Å². The molecule has 1 rings (SSSR count). The molecule has 1 saturated carbocycles. The number of hydrogen-bond donors (Lipinski definition) is 1. The summed E-state index contributed by atoms with van der Waals surface area (Å²) in [4.78, 5) is 0. The first-order valence-electron chi connectivity index (χ1n) is 7.87. The predicted octanol–water partition coefficient (Wildman–Crippen LogP) is 2.61. The van der Waals surface area contributed by atoms with Crippen molar-refractivity contribution < 1.29 is 14.2 Å². The molecule has 120 valence electrons. The first kappa shape index (κ1) is 17.9. The number of hydrogen-bond acceptors (Lipinski definition) is 4. The van der Waals surface area contributed by atoms with Crippen LogP contribution in [-0.2, 0) is 14.2 Å². The molecule has 0 unspecified atom stereocenters. The smallest absolute Gasteiger partial charge is 0.0701 e. The standard InChI is InChI=1S/C16H33NO3/c1-15(2,3)17-14-16(6-5-7-16)8-9-19-12-13-20-11-10-18-4/h17H,5-14H2,1-4H3. The Labute approximate surface area is 124 Å². The summed E-state index contributed by atoms with van der Waals surface area (Å²) in [5.41, 5.74) is 0.683. The number of rotatable bonds is 11. The molecule has 1 aliphatic carbocycles. The Morgan fingerprint density at radius 1 is 0.950 bits per heavy atom. The minimum Gasteiger partial charge on any atom is -0.382 e. The lowest BCUT2D eigenvalue weighted by atomic mass is 9.66. The highest BCUT2D eigenvalue weighted by Crippen LogP contribution is 2.43. The first-order valence-corrected chi connectivity index (χ1v) is 7.87. The summed E-state index contributed by atoms with van der Waals surface area (Å²) < 4.78 is 16.0. The molecule has 0 radical (unpaired) electrons. The number of methoxy groups -OCH3 is 1. The van der Waals surface area contributed by atoms with Gasteiger partial charge in [-0.15, -0.1) is 0 Å². The highest BCUT2D eigenvalue weighted by molar-refractivity contribution is 4.91. The molecule has 1 aliphatic rings. The van der Waals surface area contributed by atoms with Crippen LogP contribution in [0.1, 0.15) is 46.5 Å². The van der Waals surface area contributed by atoms with Gasteiger partial charge in [-0.05, 0) is 45.4 Å². The Morgan fingerprint density at radius 3 is 2.05 bits per heavy atom. The van der Waals surface area contributed by atoms with Crippen molar-refractivity contribution in [1.29, 1.82) is 0 Å². The van der Waals surface area contributed by atoms with Gasteiger partial charge in [-0.2, -0.15) is 0 Å². The van der Waals surface area contributed by atoms with Crippen LogP contribution in [0, 0.1) is 5.41 Å². The van der Waals surface area contributed by atoms with Crippen molar-refractivity contribution >= 4 is 0 Å². The van der Waals surface area contributed by atoms with Crippen molar-refractivity contribution in [3.8, 4) is 0 Å². The van der Waals surface area contributed by atoms with Gasteiger partial charge in [0.25, 0.3) is 0 Å². The molecule has 0 aromatic heterocycles. The van der Waals surface area contributed by atoms with Gasteiger partial charge >= 0.3 is 0 Å². The second kappa shape index (κ2) is 8.98. The summed E-state index contributed by atoms with van der Waals surface area (Å²) in [7, 11) is 1.68. The third-order valence-electron chi connectivity index (χ3n) is 3.99. The van der Waals surface area contributed by atoms with Crippen molar-refractivity contribution in [3.63, 3.8) is 0 Å². The monoisotopic (exact) mass is 287 g/mol. The van der Waals surface area contributed by atoms with Gasteiger partial charge in [-0.25, -0.2) is 0 Å². The molecule has 0 saturated heterocycles. The van der Waals surface area contributed by atoms with Gasteiger partial charge in [0.1, 0.15) is 0 Å². The fraction of sp³-hybridized carbons (Fsp3) is 1.00. The molecule has 0 atom stereocenters. The first-order chi connectivity index (χ1) is 9.47. The molecule has 4 nitrogen and oxygen atoms in total. The van der Waals surface area contributed by atoms with Crippen molar-refractivity contribution in [2.75, 3.05) is 46.7 Å². The quantitative estimate of drug-likeness (QED) is 0.593. The van der Waals surface area contributed by atoms with Crippen molar-refractivity contribution in [2.24, 2.45) is 5.41 Å². The average Bonchev–Trinajstić information content (AvgIpc) is 2.33. The van der Waals surface area contributed by atoms with Crippen LogP contribution in [0.25, 0.3) is 0 Å². The minimum absolute atomic E-state index is 0.207. The van der Waals surface area contributed by atoms with E-state index in [1.165, 1.54) is 19.3 Å². The molecule has 0 spiro atoms. The molecule has 0 aliphatic heterocycles. The average molecular weight is 287 g/mol. The Balaban J connectivity index is 2.03. The largest absolute Gasteiger partial charge is 0.382 e. The van der Waals surface area contributed by atoms with Crippen LogP contribution in [0.5, 0.6) is 0 Å². The summed E-state index contributed by atoms with van der Waals surface area (Å²) in [6.45, 7) is 11.3.